The second-order valence-corrected chi connectivity index (χ2v) is 10.9. The molecule has 2 aromatic heterocycles. The number of piperidine rings is 1. The predicted molar refractivity (Wildman–Crippen MR) is 168 cm³/mol. The monoisotopic (exact) mass is 573 g/mol. The van der Waals surface area contributed by atoms with E-state index < -0.39 is 5.91 Å². The molecule has 0 saturated carbocycles. The minimum atomic E-state index is -0.411. The Balaban J connectivity index is 1.32. The fraction of sp³-hybridized carbons (Fsp3) is 0.273. The number of carbonyl (C=O) groups is 1. The van der Waals surface area contributed by atoms with Gasteiger partial charge in [0.1, 0.15) is 0 Å². The molecule has 0 aliphatic carbocycles. The second kappa shape index (κ2) is 13.2. The molecule has 3 heterocycles. The molecule has 218 valence electrons. The van der Waals surface area contributed by atoms with Crippen molar-refractivity contribution in [3.63, 3.8) is 0 Å². The molecule has 1 amide bonds. The lowest BCUT2D eigenvalue weighted by atomic mass is 9.93. The zero-order valence-corrected chi connectivity index (χ0v) is 24.4. The van der Waals surface area contributed by atoms with Crippen LogP contribution in [0.3, 0.4) is 0 Å². The number of primary amides is 1. The first-order valence-electron chi connectivity index (χ1n) is 14.3. The Morgan fingerprint density at radius 1 is 1.07 bits per heavy atom. The maximum atomic E-state index is 11.4. The molecule has 1 aliphatic rings. The Hall–Kier alpha value is -5.14. The van der Waals surface area contributed by atoms with Crippen LogP contribution in [0.5, 0.6) is 0 Å². The van der Waals surface area contributed by atoms with E-state index in [0.717, 1.165) is 71.6 Å². The van der Waals surface area contributed by atoms with Crippen molar-refractivity contribution in [2.24, 2.45) is 5.73 Å². The number of nitrogens with two attached hydrogens (primary N) is 2. The lowest BCUT2D eigenvalue weighted by molar-refractivity contribution is 0.1000. The molecule has 0 bridgehead atoms. The normalized spacial score (nSPS) is 14.1. The number of nitriles is 1. The molecular formula is C33H35N9O. The number of amides is 1. The smallest absolute Gasteiger partial charge is 0.248 e. The minimum absolute atomic E-state index is 0.214. The van der Waals surface area contributed by atoms with Crippen molar-refractivity contribution >= 4 is 23.9 Å². The second-order valence-electron chi connectivity index (χ2n) is 10.9. The molecule has 4 aromatic rings. The molecule has 5 rings (SSSR count). The van der Waals surface area contributed by atoms with Gasteiger partial charge in [0, 0.05) is 73.5 Å². The third-order valence-electron chi connectivity index (χ3n) is 7.83. The van der Waals surface area contributed by atoms with Crippen LogP contribution in [0.25, 0.3) is 17.2 Å². The predicted octanol–water partition coefficient (Wildman–Crippen LogP) is 4.44. The third kappa shape index (κ3) is 7.39. The number of nitrogens with zero attached hydrogens (tertiary/aromatic N) is 6. The zero-order chi connectivity index (χ0) is 30.3. The molecule has 1 fully saturated rings. The van der Waals surface area contributed by atoms with Crippen LogP contribution >= 0.6 is 0 Å². The summed E-state index contributed by atoms with van der Waals surface area (Å²) in [7, 11) is 0. The number of nitrogens with one attached hydrogen (secondary N) is 1. The lowest BCUT2D eigenvalue weighted by Gasteiger charge is -2.32. The van der Waals surface area contributed by atoms with Gasteiger partial charge in [-0.25, -0.2) is 19.9 Å². The quantitative estimate of drug-likeness (QED) is 0.246. The van der Waals surface area contributed by atoms with Gasteiger partial charge in [-0.3, -0.25) is 9.69 Å². The Morgan fingerprint density at radius 3 is 2.37 bits per heavy atom. The highest BCUT2D eigenvalue weighted by Crippen LogP contribution is 2.28. The first-order valence-corrected chi connectivity index (χ1v) is 14.3. The van der Waals surface area contributed by atoms with Crippen LogP contribution in [-0.4, -0.2) is 49.9 Å². The van der Waals surface area contributed by atoms with Crippen LogP contribution in [0.15, 0.2) is 61.1 Å². The molecule has 1 saturated heterocycles. The minimum Gasteiger partial charge on any atom is -0.368 e. The topological polar surface area (TPSA) is 160 Å². The van der Waals surface area contributed by atoms with Crippen LogP contribution in [0.4, 0.5) is 11.9 Å². The molecule has 0 spiro atoms. The summed E-state index contributed by atoms with van der Waals surface area (Å²) in [5.41, 5.74) is 19.7. The van der Waals surface area contributed by atoms with Crippen molar-refractivity contribution in [3.05, 3.63) is 100 Å². The number of benzene rings is 2. The molecular weight excluding hydrogens is 538 g/mol. The van der Waals surface area contributed by atoms with Gasteiger partial charge >= 0.3 is 0 Å². The molecule has 10 heteroatoms. The van der Waals surface area contributed by atoms with Crippen molar-refractivity contribution in [2.75, 3.05) is 24.1 Å². The Bertz CT molecular complexity index is 1640. The van der Waals surface area contributed by atoms with Gasteiger partial charge in [0.25, 0.3) is 0 Å². The number of aromatic nitrogens is 4. The van der Waals surface area contributed by atoms with E-state index in [4.69, 9.17) is 21.7 Å². The summed E-state index contributed by atoms with van der Waals surface area (Å²) in [6, 6.07) is 14.0. The van der Waals surface area contributed by atoms with E-state index in [2.05, 4.69) is 57.2 Å². The van der Waals surface area contributed by atoms with Gasteiger partial charge < -0.3 is 16.8 Å². The molecule has 2 aromatic carbocycles. The van der Waals surface area contributed by atoms with E-state index in [1.165, 1.54) is 11.6 Å². The highest BCUT2D eigenvalue weighted by atomic mass is 16.1. The first kappa shape index (κ1) is 29.4. The van der Waals surface area contributed by atoms with Gasteiger partial charge in [-0.05, 0) is 72.7 Å². The largest absolute Gasteiger partial charge is 0.368 e. The van der Waals surface area contributed by atoms with E-state index >= 15 is 0 Å². The number of carbonyl (C=O) groups excluding carboxylic acids is 1. The van der Waals surface area contributed by atoms with Crippen LogP contribution < -0.4 is 16.8 Å². The van der Waals surface area contributed by atoms with Crippen molar-refractivity contribution in [3.8, 4) is 17.2 Å². The van der Waals surface area contributed by atoms with Crippen molar-refractivity contribution in [2.45, 2.75) is 45.7 Å². The van der Waals surface area contributed by atoms with E-state index in [9.17, 15) is 4.79 Å². The van der Waals surface area contributed by atoms with Crippen LogP contribution in [0.2, 0.25) is 0 Å². The van der Waals surface area contributed by atoms with E-state index in [-0.39, 0.29) is 12.0 Å². The Labute approximate surface area is 251 Å². The molecule has 10 nitrogen and oxygen atoms in total. The number of hydrogen-bond donors (Lipinski definition) is 3. The SMILES string of the molecule is Cc1cc(/C=C/C#N)cc(C)c1Cc1nc(NC2CCN(Cc3ccc(C(N)=O)cc3)CC2)ncc1-c1cnc(N)nc1. The molecule has 0 unspecified atom stereocenters. The Kier molecular flexibility index (Phi) is 9.03. The maximum Gasteiger partial charge on any atom is 0.248 e. The summed E-state index contributed by atoms with van der Waals surface area (Å²) in [6.07, 6.45) is 11.1. The number of hydrogen-bond acceptors (Lipinski definition) is 9. The Morgan fingerprint density at radius 2 is 1.74 bits per heavy atom. The van der Waals surface area contributed by atoms with E-state index in [0.29, 0.717) is 17.9 Å². The summed E-state index contributed by atoms with van der Waals surface area (Å²) >= 11 is 0. The van der Waals surface area contributed by atoms with Crippen molar-refractivity contribution < 1.29 is 4.79 Å². The van der Waals surface area contributed by atoms with E-state index in [1.807, 2.05) is 24.4 Å². The van der Waals surface area contributed by atoms with Crippen molar-refractivity contribution in [1.82, 2.24) is 24.8 Å². The van der Waals surface area contributed by atoms with Crippen LogP contribution in [0, 0.1) is 25.2 Å². The molecule has 43 heavy (non-hydrogen) atoms. The van der Waals surface area contributed by atoms with Gasteiger partial charge in [0.05, 0.1) is 11.8 Å². The fourth-order valence-electron chi connectivity index (χ4n) is 5.49. The zero-order valence-electron chi connectivity index (χ0n) is 24.4. The summed E-state index contributed by atoms with van der Waals surface area (Å²) in [5, 5.41) is 12.5. The highest BCUT2D eigenvalue weighted by molar-refractivity contribution is 5.92. The van der Waals surface area contributed by atoms with Crippen molar-refractivity contribution in [1.29, 1.82) is 5.26 Å². The lowest BCUT2D eigenvalue weighted by Crippen LogP contribution is -2.39. The van der Waals surface area contributed by atoms with Gasteiger partial charge in [0.2, 0.25) is 17.8 Å². The number of anilines is 2. The summed E-state index contributed by atoms with van der Waals surface area (Å²) < 4.78 is 0. The van der Waals surface area contributed by atoms with Gasteiger partial charge in [-0.2, -0.15) is 5.26 Å². The number of rotatable bonds is 9. The van der Waals surface area contributed by atoms with Gasteiger partial charge in [-0.1, -0.05) is 24.3 Å². The summed E-state index contributed by atoms with van der Waals surface area (Å²) in [4.78, 5) is 31.8. The third-order valence-corrected chi connectivity index (χ3v) is 7.83. The number of allylic oxidation sites excluding steroid dienone is 1. The van der Waals surface area contributed by atoms with Crippen LogP contribution in [0.1, 0.15) is 56.7 Å². The first-order chi connectivity index (χ1) is 20.8. The molecule has 5 N–H and O–H groups in total. The fourth-order valence-corrected chi connectivity index (χ4v) is 5.49. The molecule has 0 atom stereocenters. The van der Waals surface area contributed by atoms with Crippen LogP contribution in [-0.2, 0) is 13.0 Å². The summed E-state index contributed by atoms with van der Waals surface area (Å²) in [6.45, 7) is 6.87. The van der Waals surface area contributed by atoms with Gasteiger partial charge in [-0.15, -0.1) is 0 Å². The van der Waals surface area contributed by atoms with Gasteiger partial charge in [0.15, 0.2) is 0 Å². The standard InChI is InChI=1S/C33H35N9O/c1-21-14-24(4-3-11-34)15-22(2)28(21)16-30-29(26-17-37-32(36)38-18-26)19-39-33(41-30)40-27-9-12-42(13-10-27)20-23-5-7-25(8-6-23)31(35)43/h3-8,14-15,17-19,27H,9-10,12-13,16,20H2,1-2H3,(H2,35,43)(H2,36,37,38)(H,39,40,41)/b4-3+. The number of likely N-dealkylation sites (tertiary alicyclic amines) is 1. The average molecular weight is 574 g/mol. The number of nitrogen functional groups attached to an aromatic ring is 1. The average Bonchev–Trinajstić information content (AvgIpc) is 3.00. The molecule has 0 radical (unpaired) electrons. The highest BCUT2D eigenvalue weighted by Gasteiger charge is 2.21. The summed E-state index contributed by atoms with van der Waals surface area (Å²) in [5.74, 6) is 0.400. The maximum absolute atomic E-state index is 11.4. The molecule has 1 aliphatic heterocycles. The number of aryl methyl sites for hydroxylation is 2. The van der Waals surface area contributed by atoms with E-state index in [1.54, 1.807) is 24.5 Å².